The molecule has 0 aromatic carbocycles. The molecule has 3 heteroatoms. The summed E-state index contributed by atoms with van der Waals surface area (Å²) in [6.07, 6.45) is 4.12. The predicted octanol–water partition coefficient (Wildman–Crippen LogP) is 3.64. The van der Waals surface area contributed by atoms with Crippen molar-refractivity contribution in [3.05, 3.63) is 23.0 Å². The molecule has 0 unspecified atom stereocenters. The summed E-state index contributed by atoms with van der Waals surface area (Å²) in [6, 6.07) is 0. The van der Waals surface area contributed by atoms with Gasteiger partial charge in [-0.1, -0.05) is 20.8 Å². The number of carbonyl (C=O) groups is 1. The van der Waals surface area contributed by atoms with Gasteiger partial charge in [0.1, 0.15) is 11.5 Å². The number of carbonyl (C=O) groups excluding carboxylic acids is 1. The average Bonchev–Trinajstić information content (AvgIpc) is 2.31. The fourth-order valence-electron chi connectivity index (χ4n) is 2.11. The number of hydrogen-bond acceptors (Lipinski definition) is 3. The quantitative estimate of drug-likeness (QED) is 0.814. The molecule has 1 heterocycles. The van der Waals surface area contributed by atoms with Gasteiger partial charge in [-0.2, -0.15) is 0 Å². The van der Waals surface area contributed by atoms with E-state index in [1.165, 1.54) is 0 Å². The molecule has 0 aliphatic rings. The van der Waals surface area contributed by atoms with Gasteiger partial charge in [0, 0.05) is 34.9 Å². The Balaban J connectivity index is 2.67. The zero-order valence-corrected chi connectivity index (χ0v) is 13.0. The van der Waals surface area contributed by atoms with Gasteiger partial charge in [0.15, 0.2) is 0 Å². The van der Waals surface area contributed by atoms with Crippen LogP contribution in [-0.2, 0) is 11.2 Å². The maximum atomic E-state index is 11.9. The van der Waals surface area contributed by atoms with Crippen LogP contribution in [0.3, 0.4) is 0 Å². The zero-order valence-electron chi connectivity index (χ0n) is 13.0. The molecule has 0 N–H and O–H groups in total. The second-order valence-electron chi connectivity index (χ2n) is 6.07. The third kappa shape index (κ3) is 4.05. The lowest BCUT2D eigenvalue weighted by Crippen LogP contribution is -2.19. The molecule has 0 aliphatic heterocycles. The predicted molar refractivity (Wildman–Crippen MR) is 77.7 cm³/mol. The molecule has 1 rings (SSSR count). The van der Waals surface area contributed by atoms with Crippen molar-refractivity contribution in [2.45, 2.75) is 53.9 Å². The summed E-state index contributed by atoms with van der Waals surface area (Å²) >= 11 is 0. The van der Waals surface area contributed by atoms with E-state index in [-0.39, 0.29) is 5.41 Å². The van der Waals surface area contributed by atoms with Crippen molar-refractivity contribution in [1.29, 1.82) is 0 Å². The molecule has 1 aromatic heterocycles. The largest absolute Gasteiger partial charge is 0.496 e. The fourth-order valence-corrected chi connectivity index (χ4v) is 2.11. The Kier molecular flexibility index (Phi) is 5.10. The number of hydrogen-bond donors (Lipinski definition) is 0. The lowest BCUT2D eigenvalue weighted by atomic mass is 9.87. The molecule has 0 fully saturated rings. The highest BCUT2D eigenvalue weighted by Gasteiger charge is 2.20. The summed E-state index contributed by atoms with van der Waals surface area (Å²) in [5, 5.41) is 0. The SMILES string of the molecule is COc1c(C)cnc(CCCC(=O)C(C)(C)C)c1C. The first-order valence-corrected chi connectivity index (χ1v) is 6.79. The Morgan fingerprint density at radius 2 is 1.95 bits per heavy atom. The van der Waals surface area contributed by atoms with Crippen LogP contribution in [0.15, 0.2) is 6.20 Å². The van der Waals surface area contributed by atoms with Crippen LogP contribution in [0.4, 0.5) is 0 Å². The van der Waals surface area contributed by atoms with Gasteiger partial charge >= 0.3 is 0 Å². The smallest absolute Gasteiger partial charge is 0.138 e. The van der Waals surface area contributed by atoms with E-state index < -0.39 is 0 Å². The molecule has 106 valence electrons. The van der Waals surface area contributed by atoms with Gasteiger partial charge in [0.2, 0.25) is 0 Å². The molecule has 0 saturated carbocycles. The molecule has 0 atom stereocenters. The Hall–Kier alpha value is -1.38. The van der Waals surface area contributed by atoms with Gasteiger partial charge in [-0.05, 0) is 26.7 Å². The topological polar surface area (TPSA) is 39.2 Å². The first-order chi connectivity index (χ1) is 8.77. The first-order valence-electron chi connectivity index (χ1n) is 6.79. The van der Waals surface area contributed by atoms with Crippen molar-refractivity contribution in [2.24, 2.45) is 5.41 Å². The van der Waals surface area contributed by atoms with E-state index in [9.17, 15) is 4.79 Å². The third-order valence-corrected chi connectivity index (χ3v) is 3.40. The maximum Gasteiger partial charge on any atom is 0.138 e. The molecule has 0 bridgehead atoms. The Labute approximate surface area is 116 Å². The minimum atomic E-state index is -0.243. The Morgan fingerprint density at radius 1 is 1.32 bits per heavy atom. The fraction of sp³-hybridized carbons (Fsp3) is 0.625. The number of nitrogens with zero attached hydrogens (tertiary/aromatic N) is 1. The molecule has 0 spiro atoms. The van der Waals surface area contributed by atoms with Crippen LogP contribution in [0.25, 0.3) is 0 Å². The van der Waals surface area contributed by atoms with Gasteiger partial charge in [0.05, 0.1) is 7.11 Å². The van der Waals surface area contributed by atoms with E-state index >= 15 is 0 Å². The third-order valence-electron chi connectivity index (χ3n) is 3.40. The summed E-state index contributed by atoms with van der Waals surface area (Å²) in [7, 11) is 1.68. The Morgan fingerprint density at radius 3 is 2.47 bits per heavy atom. The van der Waals surface area contributed by atoms with Crippen LogP contribution < -0.4 is 4.74 Å². The van der Waals surface area contributed by atoms with Crippen molar-refractivity contribution in [1.82, 2.24) is 4.98 Å². The van der Waals surface area contributed by atoms with Gasteiger partial charge in [0.25, 0.3) is 0 Å². The van der Waals surface area contributed by atoms with E-state index in [4.69, 9.17) is 4.74 Å². The maximum absolute atomic E-state index is 11.9. The summed E-state index contributed by atoms with van der Waals surface area (Å²) in [5.74, 6) is 1.22. The highest BCUT2D eigenvalue weighted by molar-refractivity contribution is 5.83. The molecule has 0 aliphatic carbocycles. The van der Waals surface area contributed by atoms with E-state index in [0.29, 0.717) is 12.2 Å². The summed E-state index contributed by atoms with van der Waals surface area (Å²) < 4.78 is 5.39. The summed E-state index contributed by atoms with van der Waals surface area (Å²) in [6.45, 7) is 9.92. The van der Waals surface area contributed by atoms with Gasteiger partial charge in [-0.3, -0.25) is 9.78 Å². The van der Waals surface area contributed by atoms with E-state index in [0.717, 1.165) is 35.4 Å². The monoisotopic (exact) mass is 263 g/mol. The summed E-state index contributed by atoms with van der Waals surface area (Å²) in [5.41, 5.74) is 2.93. The van der Waals surface area contributed by atoms with Crippen LogP contribution in [0.2, 0.25) is 0 Å². The molecule has 0 radical (unpaired) electrons. The van der Waals surface area contributed by atoms with E-state index in [1.54, 1.807) is 7.11 Å². The number of pyridine rings is 1. The lowest BCUT2D eigenvalue weighted by molar-refractivity contribution is -0.126. The van der Waals surface area contributed by atoms with Crippen LogP contribution in [0.1, 0.15) is 50.4 Å². The van der Waals surface area contributed by atoms with E-state index in [2.05, 4.69) is 4.98 Å². The molecule has 3 nitrogen and oxygen atoms in total. The average molecular weight is 263 g/mol. The number of aromatic nitrogens is 1. The number of aryl methyl sites for hydroxylation is 2. The minimum Gasteiger partial charge on any atom is -0.496 e. The van der Waals surface area contributed by atoms with Crippen molar-refractivity contribution in [3.63, 3.8) is 0 Å². The second kappa shape index (κ2) is 6.18. The summed E-state index contributed by atoms with van der Waals surface area (Å²) in [4.78, 5) is 16.3. The highest BCUT2D eigenvalue weighted by Crippen LogP contribution is 2.25. The highest BCUT2D eigenvalue weighted by atomic mass is 16.5. The van der Waals surface area contributed by atoms with Crippen LogP contribution in [0, 0.1) is 19.3 Å². The van der Waals surface area contributed by atoms with Crippen LogP contribution in [0.5, 0.6) is 5.75 Å². The number of Topliss-reactive ketones (excluding diaryl/α,β-unsaturated/α-hetero) is 1. The molecular formula is C16H25NO2. The molecule has 0 amide bonds. The number of ether oxygens (including phenoxy) is 1. The van der Waals surface area contributed by atoms with Gasteiger partial charge < -0.3 is 4.74 Å². The molecule has 0 saturated heterocycles. The first kappa shape index (κ1) is 15.7. The normalized spacial score (nSPS) is 11.5. The number of ketones is 1. The molecule has 1 aromatic rings. The van der Waals surface area contributed by atoms with E-state index in [1.807, 2.05) is 40.8 Å². The number of methoxy groups -OCH3 is 1. The standard InChI is InChI=1S/C16H25NO2/c1-11-10-17-13(12(2)15(11)19-6)8-7-9-14(18)16(3,4)5/h10H,7-9H2,1-6H3. The van der Waals surface area contributed by atoms with Crippen molar-refractivity contribution < 1.29 is 9.53 Å². The van der Waals surface area contributed by atoms with Gasteiger partial charge in [-0.25, -0.2) is 0 Å². The second-order valence-corrected chi connectivity index (χ2v) is 6.07. The van der Waals surface area contributed by atoms with Crippen molar-refractivity contribution in [3.8, 4) is 5.75 Å². The van der Waals surface area contributed by atoms with Crippen LogP contribution in [-0.4, -0.2) is 17.9 Å². The molecular weight excluding hydrogens is 238 g/mol. The number of rotatable bonds is 5. The van der Waals surface area contributed by atoms with Gasteiger partial charge in [-0.15, -0.1) is 0 Å². The van der Waals surface area contributed by atoms with Crippen molar-refractivity contribution in [2.75, 3.05) is 7.11 Å². The minimum absolute atomic E-state index is 0.243. The lowest BCUT2D eigenvalue weighted by Gasteiger charge is -2.16. The van der Waals surface area contributed by atoms with Crippen LogP contribution >= 0.6 is 0 Å². The van der Waals surface area contributed by atoms with Crippen molar-refractivity contribution >= 4 is 5.78 Å². The Bertz CT molecular complexity index is 459. The zero-order chi connectivity index (χ0) is 14.6. The molecule has 19 heavy (non-hydrogen) atoms.